The molecule has 1 unspecified atom stereocenters. The van der Waals surface area contributed by atoms with Crippen molar-refractivity contribution in [3.05, 3.63) is 35.9 Å². The number of hydrogen-bond donors (Lipinski definition) is 2. The van der Waals surface area contributed by atoms with Gasteiger partial charge in [-0.15, -0.1) is 0 Å². The lowest BCUT2D eigenvalue weighted by Gasteiger charge is -2.25. The monoisotopic (exact) mass is 274 g/mol. The SMILES string of the molecule is CCCC(Cc1ccccc1)NC(=O)C1CCNCC1. The smallest absolute Gasteiger partial charge is 0.223 e. The summed E-state index contributed by atoms with van der Waals surface area (Å²) in [4.78, 5) is 12.3. The van der Waals surface area contributed by atoms with E-state index in [1.807, 2.05) is 6.07 Å². The number of carbonyl (C=O) groups is 1. The summed E-state index contributed by atoms with van der Waals surface area (Å²) in [6.45, 7) is 4.11. The molecule has 0 saturated carbocycles. The summed E-state index contributed by atoms with van der Waals surface area (Å²) in [5, 5.41) is 6.58. The van der Waals surface area contributed by atoms with Gasteiger partial charge in [0, 0.05) is 12.0 Å². The maximum atomic E-state index is 12.3. The highest BCUT2D eigenvalue weighted by Gasteiger charge is 2.22. The molecule has 3 nitrogen and oxygen atoms in total. The lowest BCUT2D eigenvalue weighted by Crippen LogP contribution is -2.43. The summed E-state index contributed by atoms with van der Waals surface area (Å²) in [6.07, 6.45) is 5.02. The van der Waals surface area contributed by atoms with Crippen LogP contribution in [0, 0.1) is 5.92 Å². The summed E-state index contributed by atoms with van der Waals surface area (Å²) in [7, 11) is 0. The predicted molar refractivity (Wildman–Crippen MR) is 82.6 cm³/mol. The van der Waals surface area contributed by atoms with Crippen LogP contribution in [0.2, 0.25) is 0 Å². The van der Waals surface area contributed by atoms with E-state index in [2.05, 4.69) is 41.8 Å². The highest BCUT2D eigenvalue weighted by molar-refractivity contribution is 5.79. The Balaban J connectivity index is 1.89. The van der Waals surface area contributed by atoms with Crippen LogP contribution in [0.5, 0.6) is 0 Å². The van der Waals surface area contributed by atoms with Crippen LogP contribution in [-0.2, 0) is 11.2 Å². The fraction of sp³-hybridized carbons (Fsp3) is 0.588. The van der Waals surface area contributed by atoms with E-state index in [4.69, 9.17) is 0 Å². The Labute approximate surface area is 122 Å². The Morgan fingerprint density at radius 3 is 2.65 bits per heavy atom. The first-order valence-corrected chi connectivity index (χ1v) is 7.84. The largest absolute Gasteiger partial charge is 0.353 e. The van der Waals surface area contributed by atoms with Crippen LogP contribution in [0.15, 0.2) is 30.3 Å². The Morgan fingerprint density at radius 2 is 2.00 bits per heavy atom. The molecular formula is C17H26N2O. The molecule has 2 rings (SSSR count). The van der Waals surface area contributed by atoms with E-state index in [1.54, 1.807) is 0 Å². The van der Waals surface area contributed by atoms with Crippen LogP contribution in [0.3, 0.4) is 0 Å². The van der Waals surface area contributed by atoms with Crippen LogP contribution in [-0.4, -0.2) is 25.0 Å². The van der Waals surface area contributed by atoms with Crippen molar-refractivity contribution in [1.82, 2.24) is 10.6 Å². The Hall–Kier alpha value is -1.35. The molecule has 1 fully saturated rings. The molecule has 1 amide bonds. The highest BCUT2D eigenvalue weighted by atomic mass is 16.1. The van der Waals surface area contributed by atoms with Gasteiger partial charge < -0.3 is 10.6 Å². The third-order valence-electron chi connectivity index (χ3n) is 4.02. The molecule has 1 aliphatic rings. The van der Waals surface area contributed by atoms with Crippen molar-refractivity contribution in [3.8, 4) is 0 Å². The second-order valence-corrected chi connectivity index (χ2v) is 5.71. The molecule has 0 bridgehead atoms. The number of rotatable bonds is 6. The van der Waals surface area contributed by atoms with E-state index in [1.165, 1.54) is 5.56 Å². The first-order chi connectivity index (χ1) is 9.79. The normalized spacial score (nSPS) is 17.6. The maximum absolute atomic E-state index is 12.3. The Morgan fingerprint density at radius 1 is 1.30 bits per heavy atom. The molecule has 0 radical (unpaired) electrons. The van der Waals surface area contributed by atoms with Crippen molar-refractivity contribution in [2.45, 2.75) is 45.1 Å². The molecule has 20 heavy (non-hydrogen) atoms. The summed E-state index contributed by atoms with van der Waals surface area (Å²) < 4.78 is 0. The van der Waals surface area contributed by atoms with Crippen molar-refractivity contribution in [2.75, 3.05) is 13.1 Å². The van der Waals surface area contributed by atoms with Crippen LogP contribution in [0.1, 0.15) is 38.2 Å². The quantitative estimate of drug-likeness (QED) is 0.837. The molecule has 0 aromatic heterocycles. The van der Waals surface area contributed by atoms with E-state index in [0.29, 0.717) is 0 Å². The summed E-state index contributed by atoms with van der Waals surface area (Å²) in [6, 6.07) is 10.7. The van der Waals surface area contributed by atoms with E-state index in [9.17, 15) is 4.79 Å². The predicted octanol–water partition coefficient (Wildman–Crippen LogP) is 2.51. The average molecular weight is 274 g/mol. The van der Waals surface area contributed by atoms with Gasteiger partial charge in [-0.3, -0.25) is 4.79 Å². The molecule has 1 atom stereocenters. The van der Waals surface area contributed by atoms with Gasteiger partial charge in [-0.2, -0.15) is 0 Å². The Kier molecular flexibility index (Phi) is 6.06. The molecule has 2 N–H and O–H groups in total. The minimum atomic E-state index is 0.200. The standard InChI is InChI=1S/C17H26N2O/c1-2-6-16(13-14-7-4-3-5-8-14)19-17(20)15-9-11-18-12-10-15/h3-5,7-8,15-16,18H,2,6,9-13H2,1H3,(H,19,20). The lowest BCUT2D eigenvalue weighted by atomic mass is 9.95. The molecule has 1 heterocycles. The third-order valence-corrected chi connectivity index (χ3v) is 4.02. The molecule has 1 saturated heterocycles. The minimum Gasteiger partial charge on any atom is -0.353 e. The first kappa shape index (κ1) is 15.0. The van der Waals surface area contributed by atoms with Gasteiger partial charge in [0.05, 0.1) is 0 Å². The van der Waals surface area contributed by atoms with Crippen LogP contribution >= 0.6 is 0 Å². The van der Waals surface area contributed by atoms with Gasteiger partial charge in [-0.1, -0.05) is 43.7 Å². The minimum absolute atomic E-state index is 0.200. The topological polar surface area (TPSA) is 41.1 Å². The number of carbonyl (C=O) groups excluding carboxylic acids is 1. The zero-order valence-electron chi connectivity index (χ0n) is 12.4. The van der Waals surface area contributed by atoms with Crippen molar-refractivity contribution in [3.63, 3.8) is 0 Å². The van der Waals surface area contributed by atoms with Gasteiger partial charge in [0.15, 0.2) is 0 Å². The van der Waals surface area contributed by atoms with E-state index in [-0.39, 0.29) is 17.9 Å². The van der Waals surface area contributed by atoms with Gasteiger partial charge in [-0.05, 0) is 44.3 Å². The highest BCUT2D eigenvalue weighted by Crippen LogP contribution is 2.14. The number of piperidine rings is 1. The maximum Gasteiger partial charge on any atom is 0.223 e. The zero-order chi connectivity index (χ0) is 14.2. The summed E-state index contributed by atoms with van der Waals surface area (Å²) in [5.41, 5.74) is 1.30. The van der Waals surface area contributed by atoms with E-state index < -0.39 is 0 Å². The molecule has 3 heteroatoms. The van der Waals surface area contributed by atoms with Crippen LogP contribution in [0.25, 0.3) is 0 Å². The molecular weight excluding hydrogens is 248 g/mol. The Bertz CT molecular complexity index is 399. The van der Waals surface area contributed by atoms with Crippen molar-refractivity contribution in [1.29, 1.82) is 0 Å². The van der Waals surface area contributed by atoms with Gasteiger partial charge in [0.1, 0.15) is 0 Å². The van der Waals surface area contributed by atoms with E-state index in [0.717, 1.165) is 45.2 Å². The van der Waals surface area contributed by atoms with Gasteiger partial charge >= 0.3 is 0 Å². The van der Waals surface area contributed by atoms with Crippen molar-refractivity contribution < 1.29 is 4.79 Å². The molecule has 1 aromatic rings. The second kappa shape index (κ2) is 8.05. The number of nitrogens with one attached hydrogen (secondary N) is 2. The molecule has 0 aliphatic carbocycles. The van der Waals surface area contributed by atoms with Crippen LogP contribution < -0.4 is 10.6 Å². The fourth-order valence-electron chi connectivity index (χ4n) is 2.88. The lowest BCUT2D eigenvalue weighted by molar-refractivity contribution is -0.126. The van der Waals surface area contributed by atoms with Gasteiger partial charge in [-0.25, -0.2) is 0 Å². The van der Waals surface area contributed by atoms with Crippen LogP contribution in [0.4, 0.5) is 0 Å². The molecule has 110 valence electrons. The molecule has 0 spiro atoms. The van der Waals surface area contributed by atoms with Crippen molar-refractivity contribution >= 4 is 5.91 Å². The number of hydrogen-bond acceptors (Lipinski definition) is 2. The van der Waals surface area contributed by atoms with Crippen molar-refractivity contribution in [2.24, 2.45) is 5.92 Å². The third kappa shape index (κ3) is 4.64. The molecule has 1 aliphatic heterocycles. The number of benzene rings is 1. The van der Waals surface area contributed by atoms with Gasteiger partial charge in [0.25, 0.3) is 0 Å². The second-order valence-electron chi connectivity index (χ2n) is 5.71. The average Bonchev–Trinajstić information content (AvgIpc) is 2.49. The van der Waals surface area contributed by atoms with E-state index >= 15 is 0 Å². The molecule has 1 aromatic carbocycles. The summed E-state index contributed by atoms with van der Waals surface area (Å²) >= 11 is 0. The summed E-state index contributed by atoms with van der Waals surface area (Å²) in [5.74, 6) is 0.451. The zero-order valence-corrected chi connectivity index (χ0v) is 12.4. The van der Waals surface area contributed by atoms with Gasteiger partial charge in [0.2, 0.25) is 5.91 Å². The number of amides is 1. The first-order valence-electron chi connectivity index (χ1n) is 7.84. The fourth-order valence-corrected chi connectivity index (χ4v) is 2.88.